The number of hydrogen-bond donors (Lipinski definition) is 1. The van der Waals surface area contributed by atoms with Crippen LogP contribution in [0.25, 0.3) is 10.2 Å². The fraction of sp³-hybridized carbons (Fsp3) is 0.438. The number of esters is 1. The summed E-state index contributed by atoms with van der Waals surface area (Å²) >= 11 is 7.01. The Hall–Kier alpha value is -1.73. The van der Waals surface area contributed by atoms with Crippen LogP contribution in [0.15, 0.2) is 18.2 Å². The molecule has 7 heteroatoms. The molecule has 0 aliphatic carbocycles. The van der Waals surface area contributed by atoms with Crippen molar-refractivity contribution in [2.75, 3.05) is 25.5 Å². The zero-order valence-electron chi connectivity index (χ0n) is 13.0. The number of likely N-dealkylation sites (tertiary alicyclic amines) is 1. The van der Waals surface area contributed by atoms with E-state index in [0.717, 1.165) is 33.6 Å². The van der Waals surface area contributed by atoms with Crippen LogP contribution in [0.1, 0.15) is 36.0 Å². The summed E-state index contributed by atoms with van der Waals surface area (Å²) in [7, 11) is 1.38. The average molecular weight is 349 g/mol. The van der Waals surface area contributed by atoms with Crippen molar-refractivity contribution in [2.24, 2.45) is 0 Å². The van der Waals surface area contributed by atoms with Crippen LogP contribution in [-0.4, -0.2) is 41.2 Å². The maximum Gasteiger partial charge on any atom is 0.337 e. The van der Waals surface area contributed by atoms with Gasteiger partial charge in [0.15, 0.2) is 10.2 Å². The van der Waals surface area contributed by atoms with Gasteiger partial charge < -0.3 is 15.0 Å². The lowest BCUT2D eigenvalue weighted by atomic mass is 10.2. The molecule has 0 amide bonds. The summed E-state index contributed by atoms with van der Waals surface area (Å²) in [4.78, 5) is 18.4. The minimum Gasteiger partial charge on any atom is -0.465 e. The number of nitrogens with zero attached hydrogens (tertiary/aromatic N) is 2. The zero-order valence-corrected chi connectivity index (χ0v) is 14.6. The highest BCUT2D eigenvalue weighted by Crippen LogP contribution is 2.27. The van der Waals surface area contributed by atoms with Crippen molar-refractivity contribution < 1.29 is 9.53 Å². The lowest BCUT2D eigenvalue weighted by molar-refractivity contribution is 0.0601. The fourth-order valence-electron chi connectivity index (χ4n) is 2.67. The topological polar surface area (TPSA) is 54.5 Å². The van der Waals surface area contributed by atoms with E-state index in [9.17, 15) is 4.79 Å². The van der Waals surface area contributed by atoms with Gasteiger partial charge in [-0.3, -0.25) is 0 Å². The molecule has 1 N–H and O–H groups in total. The summed E-state index contributed by atoms with van der Waals surface area (Å²) in [6, 6.07) is 5.36. The summed E-state index contributed by atoms with van der Waals surface area (Å²) in [5, 5.41) is 4.74. The minimum atomic E-state index is -0.338. The molecule has 3 rings (SSSR count). The molecule has 1 aliphatic rings. The normalized spacial score (nSPS) is 15.3. The smallest absolute Gasteiger partial charge is 0.337 e. The molecule has 122 valence electrons. The van der Waals surface area contributed by atoms with Crippen LogP contribution in [0.3, 0.4) is 0 Å². The number of rotatable bonds is 2. The monoisotopic (exact) mass is 349 g/mol. The third kappa shape index (κ3) is 3.79. The Morgan fingerprint density at radius 2 is 2.04 bits per heavy atom. The van der Waals surface area contributed by atoms with Crippen molar-refractivity contribution in [3.8, 4) is 0 Å². The highest BCUT2D eigenvalue weighted by Gasteiger charge is 2.15. The molecular formula is C16H19N3O2S2. The predicted octanol–water partition coefficient (Wildman–Crippen LogP) is 3.66. The molecule has 0 spiro atoms. The zero-order chi connectivity index (χ0) is 16.2. The van der Waals surface area contributed by atoms with Crippen LogP contribution in [0.4, 0.5) is 5.13 Å². The number of ether oxygens (including phenoxy) is 1. The first-order valence-corrected chi connectivity index (χ1v) is 8.94. The standard InChI is InChI=1S/C16H19N3O2S2/c1-21-14(20)11-6-7-12-13(10-11)23-15(17-12)18-16(22)19-8-4-2-3-5-9-19/h6-7,10H,2-5,8-9H2,1H3,(H,17,18,22). The summed E-state index contributed by atoms with van der Waals surface area (Å²) < 4.78 is 5.69. The second-order valence-corrected chi connectivity index (χ2v) is 6.94. The van der Waals surface area contributed by atoms with E-state index in [1.807, 2.05) is 6.07 Å². The molecule has 1 aromatic heterocycles. The van der Waals surface area contributed by atoms with Gasteiger partial charge in [-0.25, -0.2) is 9.78 Å². The molecule has 1 aliphatic heterocycles. The molecule has 5 nitrogen and oxygen atoms in total. The maximum atomic E-state index is 11.6. The number of aromatic nitrogens is 1. The Morgan fingerprint density at radius 1 is 1.30 bits per heavy atom. The molecule has 1 aromatic carbocycles. The van der Waals surface area contributed by atoms with Crippen LogP contribution >= 0.6 is 23.6 Å². The van der Waals surface area contributed by atoms with Gasteiger partial charge in [-0.2, -0.15) is 0 Å². The molecule has 1 fully saturated rings. The van der Waals surface area contributed by atoms with Gasteiger partial charge in [0.05, 0.1) is 22.9 Å². The van der Waals surface area contributed by atoms with E-state index in [2.05, 4.69) is 15.2 Å². The van der Waals surface area contributed by atoms with Gasteiger partial charge in [0.2, 0.25) is 0 Å². The number of methoxy groups -OCH3 is 1. The number of carbonyl (C=O) groups excluding carboxylic acids is 1. The van der Waals surface area contributed by atoms with Crippen molar-refractivity contribution in [1.29, 1.82) is 0 Å². The molecule has 2 heterocycles. The highest BCUT2D eigenvalue weighted by atomic mass is 32.1. The summed E-state index contributed by atoms with van der Waals surface area (Å²) in [6.07, 6.45) is 4.92. The number of carbonyl (C=O) groups is 1. The second kappa shape index (κ2) is 7.23. The second-order valence-electron chi connectivity index (χ2n) is 5.52. The highest BCUT2D eigenvalue weighted by molar-refractivity contribution is 7.80. The van der Waals surface area contributed by atoms with Gasteiger partial charge >= 0.3 is 5.97 Å². The Morgan fingerprint density at radius 3 is 2.74 bits per heavy atom. The van der Waals surface area contributed by atoms with E-state index in [1.165, 1.54) is 44.1 Å². The summed E-state index contributed by atoms with van der Waals surface area (Å²) in [5.41, 5.74) is 1.38. The summed E-state index contributed by atoms with van der Waals surface area (Å²) in [6.45, 7) is 2.01. The number of hydrogen-bond acceptors (Lipinski definition) is 5. The molecule has 0 radical (unpaired) electrons. The Kier molecular flexibility index (Phi) is 5.07. The van der Waals surface area contributed by atoms with Crippen LogP contribution in [0, 0.1) is 0 Å². The molecule has 0 bridgehead atoms. The van der Waals surface area contributed by atoms with Crippen LogP contribution in [0.2, 0.25) is 0 Å². The maximum absolute atomic E-state index is 11.6. The molecule has 23 heavy (non-hydrogen) atoms. The molecule has 1 saturated heterocycles. The molecule has 0 saturated carbocycles. The Labute approximate surface area is 144 Å². The van der Waals surface area contributed by atoms with Crippen molar-refractivity contribution in [3.05, 3.63) is 23.8 Å². The van der Waals surface area contributed by atoms with Gasteiger partial charge in [-0.05, 0) is 43.3 Å². The van der Waals surface area contributed by atoms with Gasteiger partial charge in [-0.15, -0.1) is 0 Å². The number of fused-ring (bicyclic) bond motifs is 1. The molecule has 0 atom stereocenters. The van der Waals surface area contributed by atoms with Crippen LogP contribution < -0.4 is 5.32 Å². The minimum absolute atomic E-state index is 0.338. The number of thiazole rings is 1. The molecule has 0 unspecified atom stereocenters. The predicted molar refractivity (Wildman–Crippen MR) is 97.2 cm³/mol. The van der Waals surface area contributed by atoms with Gasteiger partial charge in [0.1, 0.15) is 0 Å². The first-order valence-electron chi connectivity index (χ1n) is 7.72. The Bertz CT molecular complexity index is 721. The van der Waals surface area contributed by atoms with Gasteiger partial charge in [0, 0.05) is 13.1 Å². The van der Waals surface area contributed by atoms with E-state index in [1.54, 1.807) is 12.1 Å². The number of thiocarbonyl (C=S) groups is 1. The van der Waals surface area contributed by atoms with Crippen molar-refractivity contribution >= 4 is 50.0 Å². The number of nitrogens with one attached hydrogen (secondary N) is 1. The first kappa shape index (κ1) is 16.1. The van der Waals surface area contributed by atoms with E-state index >= 15 is 0 Å². The Balaban J connectivity index is 1.75. The van der Waals surface area contributed by atoms with Crippen molar-refractivity contribution in [2.45, 2.75) is 25.7 Å². The first-order chi connectivity index (χ1) is 11.2. The van der Waals surface area contributed by atoms with Gasteiger partial charge in [-0.1, -0.05) is 24.2 Å². The number of benzene rings is 1. The van der Waals surface area contributed by atoms with Crippen molar-refractivity contribution in [1.82, 2.24) is 9.88 Å². The third-order valence-electron chi connectivity index (χ3n) is 3.92. The average Bonchev–Trinajstić information content (AvgIpc) is 2.77. The largest absolute Gasteiger partial charge is 0.465 e. The fourth-order valence-corrected chi connectivity index (χ4v) is 3.92. The van der Waals surface area contributed by atoms with E-state index in [-0.39, 0.29) is 5.97 Å². The van der Waals surface area contributed by atoms with E-state index < -0.39 is 0 Å². The number of anilines is 1. The SMILES string of the molecule is COC(=O)c1ccc2nc(NC(=S)N3CCCCCC3)sc2c1. The van der Waals surface area contributed by atoms with Crippen LogP contribution in [0.5, 0.6) is 0 Å². The quantitative estimate of drug-likeness (QED) is 0.660. The third-order valence-corrected chi connectivity index (χ3v) is 5.21. The van der Waals surface area contributed by atoms with E-state index in [4.69, 9.17) is 17.0 Å². The van der Waals surface area contributed by atoms with Crippen molar-refractivity contribution in [3.63, 3.8) is 0 Å². The summed E-state index contributed by atoms with van der Waals surface area (Å²) in [5.74, 6) is -0.338. The van der Waals surface area contributed by atoms with Gasteiger partial charge in [0.25, 0.3) is 0 Å². The van der Waals surface area contributed by atoms with E-state index in [0.29, 0.717) is 5.56 Å². The lowest BCUT2D eigenvalue weighted by Crippen LogP contribution is -2.35. The van der Waals surface area contributed by atoms with Crippen LogP contribution in [-0.2, 0) is 4.74 Å². The molecule has 2 aromatic rings. The molecular weight excluding hydrogens is 330 g/mol. The lowest BCUT2D eigenvalue weighted by Gasteiger charge is -2.22.